The van der Waals surface area contributed by atoms with Gasteiger partial charge in [0.25, 0.3) is 0 Å². The molecule has 0 aromatic rings. The van der Waals surface area contributed by atoms with Crippen molar-refractivity contribution in [3.05, 3.63) is 0 Å². The standard InChI is InChI=1S/C12H25N3/c1-14-9-11(10-14)4-2-6-15-7-3-5-12(15)8-13/h11-12H,2-10,13H2,1H3. The first kappa shape index (κ1) is 11.4. The van der Waals surface area contributed by atoms with E-state index in [2.05, 4.69) is 16.8 Å². The van der Waals surface area contributed by atoms with Gasteiger partial charge in [0, 0.05) is 25.7 Å². The van der Waals surface area contributed by atoms with Crippen LogP contribution in [0.2, 0.25) is 0 Å². The van der Waals surface area contributed by atoms with E-state index in [4.69, 9.17) is 5.73 Å². The van der Waals surface area contributed by atoms with Crippen LogP contribution < -0.4 is 5.73 Å². The Labute approximate surface area is 93.6 Å². The Morgan fingerprint density at radius 2 is 2.13 bits per heavy atom. The van der Waals surface area contributed by atoms with Gasteiger partial charge in [0.2, 0.25) is 0 Å². The summed E-state index contributed by atoms with van der Waals surface area (Å²) in [6.07, 6.45) is 5.46. The monoisotopic (exact) mass is 211 g/mol. The number of nitrogens with zero attached hydrogens (tertiary/aromatic N) is 2. The molecule has 0 aliphatic carbocycles. The predicted octanol–water partition coefficient (Wildman–Crippen LogP) is 0.751. The minimum Gasteiger partial charge on any atom is -0.329 e. The number of rotatable bonds is 5. The minimum absolute atomic E-state index is 0.689. The van der Waals surface area contributed by atoms with Gasteiger partial charge in [0.05, 0.1) is 0 Å². The summed E-state index contributed by atoms with van der Waals surface area (Å²) in [4.78, 5) is 5.01. The first-order chi connectivity index (χ1) is 7.29. The molecule has 0 aromatic carbocycles. The Morgan fingerprint density at radius 3 is 2.80 bits per heavy atom. The first-order valence-corrected chi connectivity index (χ1v) is 6.42. The van der Waals surface area contributed by atoms with Gasteiger partial charge in [-0.1, -0.05) is 0 Å². The summed E-state index contributed by atoms with van der Waals surface area (Å²) in [5.41, 5.74) is 5.76. The van der Waals surface area contributed by atoms with Crippen molar-refractivity contribution in [1.29, 1.82) is 0 Å². The Morgan fingerprint density at radius 1 is 1.33 bits per heavy atom. The second kappa shape index (κ2) is 5.28. The third-order valence-electron chi connectivity index (χ3n) is 3.97. The predicted molar refractivity (Wildman–Crippen MR) is 63.9 cm³/mol. The van der Waals surface area contributed by atoms with E-state index in [1.54, 1.807) is 0 Å². The maximum absolute atomic E-state index is 5.76. The lowest BCUT2D eigenvalue weighted by atomic mass is 9.95. The van der Waals surface area contributed by atoms with Gasteiger partial charge in [0.15, 0.2) is 0 Å². The fourth-order valence-electron chi connectivity index (χ4n) is 3.05. The average molecular weight is 211 g/mol. The van der Waals surface area contributed by atoms with Gasteiger partial charge in [-0.05, 0) is 51.7 Å². The van der Waals surface area contributed by atoms with Crippen LogP contribution >= 0.6 is 0 Å². The highest BCUT2D eigenvalue weighted by Crippen LogP contribution is 2.21. The van der Waals surface area contributed by atoms with Crippen LogP contribution in [0, 0.1) is 5.92 Å². The molecule has 0 radical (unpaired) electrons. The third-order valence-corrected chi connectivity index (χ3v) is 3.97. The molecule has 0 saturated carbocycles. The molecule has 0 spiro atoms. The molecular weight excluding hydrogens is 186 g/mol. The van der Waals surface area contributed by atoms with Crippen LogP contribution in [0.4, 0.5) is 0 Å². The number of hydrogen-bond acceptors (Lipinski definition) is 3. The maximum atomic E-state index is 5.76. The van der Waals surface area contributed by atoms with Crippen molar-refractivity contribution in [2.75, 3.05) is 39.8 Å². The molecule has 2 N–H and O–H groups in total. The van der Waals surface area contributed by atoms with Crippen LogP contribution in [-0.4, -0.2) is 55.6 Å². The van der Waals surface area contributed by atoms with Gasteiger partial charge in [-0.3, -0.25) is 4.90 Å². The fraction of sp³-hybridized carbons (Fsp3) is 1.00. The average Bonchev–Trinajstić information content (AvgIpc) is 2.62. The molecular formula is C12H25N3. The topological polar surface area (TPSA) is 32.5 Å². The van der Waals surface area contributed by atoms with Crippen molar-refractivity contribution < 1.29 is 0 Å². The summed E-state index contributed by atoms with van der Waals surface area (Å²) in [7, 11) is 2.21. The van der Waals surface area contributed by atoms with E-state index in [9.17, 15) is 0 Å². The summed E-state index contributed by atoms with van der Waals surface area (Å²) in [5, 5.41) is 0. The Hall–Kier alpha value is -0.120. The molecule has 3 heteroatoms. The molecule has 88 valence electrons. The summed E-state index contributed by atoms with van der Waals surface area (Å²) < 4.78 is 0. The molecule has 2 aliphatic heterocycles. The van der Waals surface area contributed by atoms with E-state index in [1.807, 2.05) is 0 Å². The number of hydrogen-bond donors (Lipinski definition) is 1. The SMILES string of the molecule is CN1CC(CCCN2CCCC2CN)C1. The van der Waals surface area contributed by atoms with Crippen LogP contribution in [-0.2, 0) is 0 Å². The van der Waals surface area contributed by atoms with Crippen LogP contribution in [0.3, 0.4) is 0 Å². The van der Waals surface area contributed by atoms with Crippen LogP contribution in [0.5, 0.6) is 0 Å². The zero-order valence-corrected chi connectivity index (χ0v) is 9.99. The zero-order chi connectivity index (χ0) is 10.7. The van der Waals surface area contributed by atoms with Gasteiger partial charge >= 0.3 is 0 Å². The molecule has 2 saturated heterocycles. The van der Waals surface area contributed by atoms with Crippen molar-refractivity contribution in [1.82, 2.24) is 9.80 Å². The smallest absolute Gasteiger partial charge is 0.0218 e. The van der Waals surface area contributed by atoms with Gasteiger partial charge in [0.1, 0.15) is 0 Å². The zero-order valence-electron chi connectivity index (χ0n) is 9.99. The second-order valence-corrected chi connectivity index (χ2v) is 5.30. The fourth-order valence-corrected chi connectivity index (χ4v) is 3.05. The number of likely N-dealkylation sites (tertiary alicyclic amines) is 2. The first-order valence-electron chi connectivity index (χ1n) is 6.42. The Balaban J connectivity index is 1.57. The van der Waals surface area contributed by atoms with E-state index >= 15 is 0 Å². The molecule has 2 rings (SSSR count). The van der Waals surface area contributed by atoms with Gasteiger partial charge < -0.3 is 10.6 Å². The van der Waals surface area contributed by atoms with E-state index in [-0.39, 0.29) is 0 Å². The normalized spacial score (nSPS) is 29.6. The van der Waals surface area contributed by atoms with Crippen molar-refractivity contribution >= 4 is 0 Å². The molecule has 2 heterocycles. The largest absolute Gasteiger partial charge is 0.329 e. The molecule has 0 bridgehead atoms. The van der Waals surface area contributed by atoms with E-state index in [0.29, 0.717) is 6.04 Å². The lowest BCUT2D eigenvalue weighted by Crippen LogP contribution is -2.44. The van der Waals surface area contributed by atoms with Crippen LogP contribution in [0.15, 0.2) is 0 Å². The highest BCUT2D eigenvalue weighted by molar-refractivity contribution is 4.81. The Kier molecular flexibility index (Phi) is 4.00. The Bertz CT molecular complexity index is 189. The van der Waals surface area contributed by atoms with Crippen molar-refractivity contribution in [3.8, 4) is 0 Å². The molecule has 1 unspecified atom stereocenters. The van der Waals surface area contributed by atoms with E-state index in [0.717, 1.165) is 12.5 Å². The van der Waals surface area contributed by atoms with Gasteiger partial charge in [-0.2, -0.15) is 0 Å². The van der Waals surface area contributed by atoms with Gasteiger partial charge in [-0.15, -0.1) is 0 Å². The molecule has 3 nitrogen and oxygen atoms in total. The molecule has 2 fully saturated rings. The summed E-state index contributed by atoms with van der Waals surface area (Å²) in [5.74, 6) is 0.980. The van der Waals surface area contributed by atoms with Crippen molar-refractivity contribution in [2.45, 2.75) is 31.7 Å². The third kappa shape index (κ3) is 2.92. The van der Waals surface area contributed by atoms with Crippen molar-refractivity contribution in [2.24, 2.45) is 11.7 Å². The highest BCUT2D eigenvalue weighted by atomic mass is 15.2. The maximum Gasteiger partial charge on any atom is 0.0218 e. The van der Waals surface area contributed by atoms with Crippen LogP contribution in [0.1, 0.15) is 25.7 Å². The summed E-state index contributed by atoms with van der Waals surface area (Å²) >= 11 is 0. The highest BCUT2D eigenvalue weighted by Gasteiger charge is 2.25. The lowest BCUT2D eigenvalue weighted by Gasteiger charge is -2.36. The molecule has 0 aromatic heterocycles. The van der Waals surface area contributed by atoms with Crippen LogP contribution in [0.25, 0.3) is 0 Å². The molecule has 2 aliphatic rings. The molecule has 15 heavy (non-hydrogen) atoms. The summed E-state index contributed by atoms with van der Waals surface area (Å²) in [6.45, 7) is 6.06. The molecule has 0 amide bonds. The van der Waals surface area contributed by atoms with E-state index < -0.39 is 0 Å². The minimum atomic E-state index is 0.689. The summed E-state index contributed by atoms with van der Waals surface area (Å²) in [6, 6.07) is 0.689. The van der Waals surface area contributed by atoms with E-state index in [1.165, 1.54) is 51.9 Å². The van der Waals surface area contributed by atoms with Gasteiger partial charge in [-0.25, -0.2) is 0 Å². The lowest BCUT2D eigenvalue weighted by molar-refractivity contribution is 0.119. The number of nitrogens with two attached hydrogens (primary N) is 1. The second-order valence-electron chi connectivity index (χ2n) is 5.30. The quantitative estimate of drug-likeness (QED) is 0.728. The molecule has 1 atom stereocenters. The van der Waals surface area contributed by atoms with Crippen molar-refractivity contribution in [3.63, 3.8) is 0 Å².